The summed E-state index contributed by atoms with van der Waals surface area (Å²) in [7, 11) is 0. The van der Waals surface area contributed by atoms with E-state index in [4.69, 9.17) is 5.11 Å². The third-order valence-electron chi connectivity index (χ3n) is 2.88. The molecule has 0 unspecified atom stereocenters. The fourth-order valence-corrected chi connectivity index (χ4v) is 1.76. The van der Waals surface area contributed by atoms with Crippen LogP contribution >= 0.6 is 0 Å². The quantitative estimate of drug-likeness (QED) is 0.896. The van der Waals surface area contributed by atoms with Gasteiger partial charge in [0.05, 0.1) is 11.3 Å². The Hall–Kier alpha value is -2.50. The van der Waals surface area contributed by atoms with Crippen LogP contribution in [0.2, 0.25) is 0 Å². The van der Waals surface area contributed by atoms with E-state index in [1.165, 1.54) is 18.2 Å². The average molecular weight is 292 g/mol. The highest BCUT2D eigenvalue weighted by molar-refractivity contribution is 5.88. The van der Waals surface area contributed by atoms with Crippen LogP contribution in [0.3, 0.4) is 0 Å². The molecule has 0 bridgehead atoms. The van der Waals surface area contributed by atoms with Gasteiger partial charge in [0, 0.05) is 11.8 Å². The Balaban J connectivity index is 2.41. The van der Waals surface area contributed by atoms with Crippen molar-refractivity contribution in [3.63, 3.8) is 0 Å². The number of benzene rings is 1. The van der Waals surface area contributed by atoms with Crippen LogP contribution in [-0.4, -0.2) is 16.1 Å². The third kappa shape index (κ3) is 3.53. The fourth-order valence-electron chi connectivity index (χ4n) is 1.76. The van der Waals surface area contributed by atoms with Gasteiger partial charge in [0.15, 0.2) is 0 Å². The molecular weight excluding hydrogens is 278 g/mol. The van der Waals surface area contributed by atoms with Gasteiger partial charge in [-0.1, -0.05) is 13.8 Å². The van der Waals surface area contributed by atoms with E-state index < -0.39 is 17.6 Å². The molecule has 0 spiro atoms. The zero-order valence-electron chi connectivity index (χ0n) is 11.5. The number of halogens is 2. The number of nitrogens with zero attached hydrogens (tertiary/aromatic N) is 1. The number of aromatic carboxylic acids is 1. The van der Waals surface area contributed by atoms with Crippen LogP contribution < -0.4 is 5.32 Å². The lowest BCUT2D eigenvalue weighted by molar-refractivity contribution is 0.0696. The molecule has 0 saturated heterocycles. The normalized spacial score (nSPS) is 10.7. The van der Waals surface area contributed by atoms with Crippen molar-refractivity contribution >= 4 is 17.5 Å². The highest BCUT2D eigenvalue weighted by Gasteiger charge is 2.12. The number of pyridine rings is 1. The molecule has 110 valence electrons. The smallest absolute Gasteiger partial charge is 0.335 e. The van der Waals surface area contributed by atoms with Gasteiger partial charge in [-0.25, -0.2) is 18.6 Å². The molecular formula is C15H14F2N2O2. The summed E-state index contributed by atoms with van der Waals surface area (Å²) in [6.45, 7) is 3.74. The second kappa shape index (κ2) is 5.87. The van der Waals surface area contributed by atoms with Crippen LogP contribution in [0.1, 0.15) is 35.8 Å². The van der Waals surface area contributed by atoms with E-state index in [0.717, 1.165) is 12.1 Å². The Kier molecular flexibility index (Phi) is 4.16. The molecule has 0 aliphatic rings. The molecule has 0 amide bonds. The van der Waals surface area contributed by atoms with E-state index in [1.807, 2.05) is 13.8 Å². The van der Waals surface area contributed by atoms with Crippen LogP contribution in [0.15, 0.2) is 30.3 Å². The van der Waals surface area contributed by atoms with E-state index in [-0.39, 0.29) is 23.0 Å². The Morgan fingerprint density at radius 2 is 1.95 bits per heavy atom. The molecule has 1 aromatic heterocycles. The number of rotatable bonds is 4. The molecule has 0 fully saturated rings. The van der Waals surface area contributed by atoms with Gasteiger partial charge in [0.1, 0.15) is 17.5 Å². The van der Waals surface area contributed by atoms with Crippen LogP contribution in [0, 0.1) is 11.6 Å². The number of nitrogens with one attached hydrogen (secondary N) is 1. The van der Waals surface area contributed by atoms with E-state index >= 15 is 0 Å². The minimum absolute atomic E-state index is 0.0166. The van der Waals surface area contributed by atoms with Gasteiger partial charge >= 0.3 is 5.97 Å². The molecule has 1 aromatic carbocycles. The van der Waals surface area contributed by atoms with Gasteiger partial charge in [-0.15, -0.1) is 0 Å². The topological polar surface area (TPSA) is 62.2 Å². The van der Waals surface area contributed by atoms with Crippen molar-refractivity contribution in [2.24, 2.45) is 0 Å². The van der Waals surface area contributed by atoms with Crippen molar-refractivity contribution in [3.8, 4) is 0 Å². The van der Waals surface area contributed by atoms with E-state index in [2.05, 4.69) is 10.3 Å². The lowest BCUT2D eigenvalue weighted by Gasteiger charge is -2.11. The molecule has 0 atom stereocenters. The highest BCUT2D eigenvalue weighted by Crippen LogP contribution is 2.23. The van der Waals surface area contributed by atoms with Crippen molar-refractivity contribution in [1.82, 2.24) is 4.98 Å². The maximum Gasteiger partial charge on any atom is 0.335 e. The van der Waals surface area contributed by atoms with Gasteiger partial charge in [-0.05, 0) is 30.2 Å². The van der Waals surface area contributed by atoms with Gasteiger partial charge in [0.2, 0.25) is 0 Å². The number of hydrogen-bond acceptors (Lipinski definition) is 3. The molecule has 0 radical (unpaired) electrons. The minimum atomic E-state index is -1.10. The molecule has 0 aliphatic carbocycles. The number of carboxylic acids is 1. The zero-order valence-corrected chi connectivity index (χ0v) is 11.5. The highest BCUT2D eigenvalue weighted by atomic mass is 19.1. The first-order valence-electron chi connectivity index (χ1n) is 6.34. The largest absolute Gasteiger partial charge is 0.478 e. The second-order valence-electron chi connectivity index (χ2n) is 4.87. The predicted octanol–water partition coefficient (Wildman–Crippen LogP) is 3.93. The third-order valence-corrected chi connectivity index (χ3v) is 2.88. The summed E-state index contributed by atoms with van der Waals surface area (Å²) < 4.78 is 26.5. The average Bonchev–Trinajstić information content (AvgIpc) is 2.41. The summed E-state index contributed by atoms with van der Waals surface area (Å²) >= 11 is 0. The van der Waals surface area contributed by atoms with Crippen molar-refractivity contribution in [1.29, 1.82) is 0 Å². The Bertz CT molecular complexity index is 687. The number of carbonyl (C=O) groups is 1. The van der Waals surface area contributed by atoms with Gasteiger partial charge in [-0.2, -0.15) is 0 Å². The lowest BCUT2D eigenvalue weighted by Crippen LogP contribution is -2.05. The van der Waals surface area contributed by atoms with Gasteiger partial charge in [0.25, 0.3) is 0 Å². The zero-order chi connectivity index (χ0) is 15.6. The Morgan fingerprint density at radius 3 is 2.52 bits per heavy atom. The lowest BCUT2D eigenvalue weighted by atomic mass is 10.1. The minimum Gasteiger partial charge on any atom is -0.478 e. The summed E-state index contributed by atoms with van der Waals surface area (Å²) in [6, 6.07) is 5.85. The van der Waals surface area contributed by atoms with Crippen molar-refractivity contribution in [3.05, 3.63) is 53.2 Å². The first kappa shape index (κ1) is 14.9. The van der Waals surface area contributed by atoms with Gasteiger partial charge < -0.3 is 10.4 Å². The molecule has 4 nitrogen and oxygen atoms in total. The summed E-state index contributed by atoms with van der Waals surface area (Å²) in [4.78, 5) is 15.4. The molecule has 6 heteroatoms. The van der Waals surface area contributed by atoms with Crippen LogP contribution in [0.4, 0.5) is 20.3 Å². The molecule has 2 rings (SSSR count). The van der Waals surface area contributed by atoms with E-state index in [1.54, 1.807) is 0 Å². The number of aromatic nitrogens is 1. The van der Waals surface area contributed by atoms with Crippen LogP contribution in [0.5, 0.6) is 0 Å². The SMILES string of the molecule is CC(C)c1cc(C(=O)O)cc(Nc2ccc(F)cc2F)n1. The molecule has 0 saturated carbocycles. The first-order chi connectivity index (χ1) is 9.86. The van der Waals surface area contributed by atoms with Crippen LogP contribution in [0.25, 0.3) is 0 Å². The van der Waals surface area contributed by atoms with E-state index in [9.17, 15) is 13.6 Å². The maximum atomic E-state index is 13.6. The monoisotopic (exact) mass is 292 g/mol. The maximum absolute atomic E-state index is 13.6. The van der Waals surface area contributed by atoms with Crippen molar-refractivity contribution < 1.29 is 18.7 Å². The van der Waals surface area contributed by atoms with Crippen LogP contribution in [-0.2, 0) is 0 Å². The summed E-state index contributed by atoms with van der Waals surface area (Å²) in [5, 5.41) is 11.8. The molecule has 21 heavy (non-hydrogen) atoms. The first-order valence-corrected chi connectivity index (χ1v) is 6.34. The predicted molar refractivity (Wildman–Crippen MR) is 74.9 cm³/mol. The fraction of sp³-hybridized carbons (Fsp3) is 0.200. The number of anilines is 2. The van der Waals surface area contributed by atoms with E-state index in [0.29, 0.717) is 5.69 Å². The van der Waals surface area contributed by atoms with Crippen molar-refractivity contribution in [2.45, 2.75) is 19.8 Å². The number of hydrogen-bond donors (Lipinski definition) is 2. The summed E-state index contributed by atoms with van der Waals surface area (Å²) in [5.41, 5.74) is 0.653. The molecule has 2 aromatic rings. The summed E-state index contributed by atoms with van der Waals surface area (Å²) in [5.74, 6) is -2.34. The molecule has 2 N–H and O–H groups in total. The van der Waals surface area contributed by atoms with Gasteiger partial charge in [-0.3, -0.25) is 0 Å². The Morgan fingerprint density at radius 1 is 1.24 bits per heavy atom. The number of carboxylic acid groups (broad SMARTS) is 1. The Labute approximate surface area is 120 Å². The van der Waals surface area contributed by atoms with Crippen molar-refractivity contribution in [2.75, 3.05) is 5.32 Å². The molecule has 0 aliphatic heterocycles. The molecule has 1 heterocycles. The standard InChI is InChI=1S/C15H14F2N2O2/c1-8(2)13-5-9(15(20)21)6-14(19-13)18-12-4-3-10(16)7-11(12)17/h3-8H,1-2H3,(H,18,19)(H,20,21). The second-order valence-corrected chi connectivity index (χ2v) is 4.87. The summed E-state index contributed by atoms with van der Waals surface area (Å²) in [6.07, 6.45) is 0.